The van der Waals surface area contributed by atoms with Gasteiger partial charge in [-0.25, -0.2) is 0 Å². The van der Waals surface area contributed by atoms with Crippen molar-refractivity contribution in [1.82, 2.24) is 0 Å². The summed E-state index contributed by atoms with van der Waals surface area (Å²) in [6.45, 7) is 0. The molecular weight excluding hydrogens is 154 g/mol. The Morgan fingerprint density at radius 3 is 2.20 bits per heavy atom. The Kier molecular flexibility index (Phi) is 4.20. The van der Waals surface area contributed by atoms with Crippen molar-refractivity contribution >= 4 is 12.4 Å². The average Bonchev–Trinajstić information content (AvgIpc) is 1.83. The van der Waals surface area contributed by atoms with E-state index in [1.54, 1.807) is 0 Å². The van der Waals surface area contributed by atoms with E-state index in [-0.39, 0.29) is 18.4 Å². The molecular formula is C6H14ClNO2. The lowest BCUT2D eigenvalue weighted by Crippen LogP contribution is -2.46. The zero-order valence-corrected chi connectivity index (χ0v) is 6.55. The van der Waals surface area contributed by atoms with Crippen LogP contribution < -0.4 is 5.73 Å². The fraction of sp³-hybridized carbons (Fsp3) is 1.00. The smallest absolute Gasteiger partial charge is 0.0949 e. The number of halogens is 1. The summed E-state index contributed by atoms with van der Waals surface area (Å²) in [5.41, 5.74) is 5.46. The van der Waals surface area contributed by atoms with Gasteiger partial charge in [0, 0.05) is 6.04 Å². The SMILES string of the molecule is Cl.N[C@H]1CCC[C@@H](O)C1O. The van der Waals surface area contributed by atoms with Crippen molar-refractivity contribution in [2.45, 2.75) is 37.5 Å². The molecule has 0 spiro atoms. The van der Waals surface area contributed by atoms with Gasteiger partial charge in [0.2, 0.25) is 0 Å². The molecule has 0 aromatic heterocycles. The maximum Gasteiger partial charge on any atom is 0.0949 e. The number of aliphatic hydroxyl groups is 2. The third-order valence-electron chi connectivity index (χ3n) is 1.87. The third-order valence-corrected chi connectivity index (χ3v) is 1.87. The number of rotatable bonds is 0. The van der Waals surface area contributed by atoms with Crippen molar-refractivity contribution in [1.29, 1.82) is 0 Å². The summed E-state index contributed by atoms with van der Waals surface area (Å²) >= 11 is 0. The first-order valence-corrected chi connectivity index (χ1v) is 3.33. The molecule has 4 heteroatoms. The monoisotopic (exact) mass is 167 g/mol. The van der Waals surface area contributed by atoms with E-state index in [4.69, 9.17) is 15.9 Å². The molecule has 1 fully saturated rings. The molecule has 1 aliphatic carbocycles. The van der Waals surface area contributed by atoms with E-state index in [1.807, 2.05) is 0 Å². The van der Waals surface area contributed by atoms with Crippen LogP contribution in [-0.2, 0) is 0 Å². The number of aliphatic hydroxyl groups excluding tert-OH is 2. The molecule has 10 heavy (non-hydrogen) atoms. The highest BCUT2D eigenvalue weighted by molar-refractivity contribution is 5.85. The van der Waals surface area contributed by atoms with Gasteiger partial charge in [0.25, 0.3) is 0 Å². The van der Waals surface area contributed by atoms with Gasteiger partial charge < -0.3 is 15.9 Å². The third kappa shape index (κ3) is 2.09. The highest BCUT2D eigenvalue weighted by Crippen LogP contribution is 2.16. The predicted octanol–water partition coefficient (Wildman–Crippen LogP) is -0.359. The molecule has 0 bridgehead atoms. The number of hydrogen-bond acceptors (Lipinski definition) is 3. The van der Waals surface area contributed by atoms with Crippen LogP contribution in [0.2, 0.25) is 0 Å². The summed E-state index contributed by atoms with van der Waals surface area (Å²) in [7, 11) is 0. The van der Waals surface area contributed by atoms with Crippen LogP contribution in [0.25, 0.3) is 0 Å². The molecule has 0 saturated heterocycles. The number of nitrogens with two attached hydrogens (primary N) is 1. The van der Waals surface area contributed by atoms with Gasteiger partial charge in [-0.1, -0.05) is 0 Å². The molecule has 0 heterocycles. The van der Waals surface area contributed by atoms with E-state index in [1.165, 1.54) is 0 Å². The minimum Gasteiger partial charge on any atom is -0.390 e. The lowest BCUT2D eigenvalue weighted by Gasteiger charge is -2.28. The maximum absolute atomic E-state index is 9.07. The fourth-order valence-electron chi connectivity index (χ4n) is 1.19. The van der Waals surface area contributed by atoms with Crippen molar-refractivity contribution in [3.8, 4) is 0 Å². The molecule has 62 valence electrons. The van der Waals surface area contributed by atoms with Crippen LogP contribution in [0.1, 0.15) is 19.3 Å². The summed E-state index contributed by atoms with van der Waals surface area (Å²) in [5.74, 6) is 0. The summed E-state index contributed by atoms with van der Waals surface area (Å²) in [6, 6.07) is -0.214. The Hall–Kier alpha value is 0.170. The molecule has 0 aromatic carbocycles. The second-order valence-corrected chi connectivity index (χ2v) is 2.65. The Labute approximate surface area is 66.6 Å². The van der Waals surface area contributed by atoms with Crippen molar-refractivity contribution < 1.29 is 10.2 Å². The molecule has 1 rings (SSSR count). The van der Waals surface area contributed by atoms with Gasteiger partial charge in [0.1, 0.15) is 0 Å². The summed E-state index contributed by atoms with van der Waals surface area (Å²) in [4.78, 5) is 0. The molecule has 0 radical (unpaired) electrons. The maximum atomic E-state index is 9.07. The van der Waals surface area contributed by atoms with E-state index in [9.17, 15) is 0 Å². The lowest BCUT2D eigenvalue weighted by atomic mass is 9.91. The largest absolute Gasteiger partial charge is 0.390 e. The van der Waals surface area contributed by atoms with E-state index in [2.05, 4.69) is 0 Å². The van der Waals surface area contributed by atoms with Crippen LogP contribution in [-0.4, -0.2) is 28.5 Å². The van der Waals surface area contributed by atoms with Crippen LogP contribution in [0.3, 0.4) is 0 Å². The lowest BCUT2D eigenvalue weighted by molar-refractivity contribution is -0.0205. The van der Waals surface area contributed by atoms with E-state index >= 15 is 0 Å². The van der Waals surface area contributed by atoms with E-state index in [0.29, 0.717) is 6.42 Å². The topological polar surface area (TPSA) is 66.5 Å². The standard InChI is InChI=1S/C6H13NO2.ClH/c7-4-2-1-3-5(8)6(4)9;/h4-6,8-9H,1-3,7H2;1H/t4-,5+,6?;/m0./s1. The van der Waals surface area contributed by atoms with Crippen molar-refractivity contribution in [2.24, 2.45) is 5.73 Å². The second kappa shape index (κ2) is 4.13. The zero-order valence-electron chi connectivity index (χ0n) is 5.73. The highest BCUT2D eigenvalue weighted by Gasteiger charge is 2.26. The van der Waals surface area contributed by atoms with Gasteiger partial charge >= 0.3 is 0 Å². The Balaban J connectivity index is 0.000000810. The van der Waals surface area contributed by atoms with Gasteiger partial charge in [0.15, 0.2) is 0 Å². The average molecular weight is 168 g/mol. The van der Waals surface area contributed by atoms with Crippen LogP contribution in [0, 0.1) is 0 Å². The normalized spacial score (nSPS) is 40.5. The van der Waals surface area contributed by atoms with Gasteiger partial charge in [0.05, 0.1) is 12.2 Å². The molecule has 3 nitrogen and oxygen atoms in total. The second-order valence-electron chi connectivity index (χ2n) is 2.65. The molecule has 0 aromatic rings. The minimum atomic E-state index is -0.696. The Morgan fingerprint density at radius 1 is 1.20 bits per heavy atom. The summed E-state index contributed by atoms with van der Waals surface area (Å²) in [6.07, 6.45) is 1.17. The fourth-order valence-corrected chi connectivity index (χ4v) is 1.19. The molecule has 3 atom stereocenters. The molecule has 0 aliphatic heterocycles. The molecule has 4 N–H and O–H groups in total. The first kappa shape index (κ1) is 10.2. The van der Waals surface area contributed by atoms with Crippen LogP contribution in [0.5, 0.6) is 0 Å². The first-order chi connectivity index (χ1) is 4.22. The van der Waals surface area contributed by atoms with Crippen LogP contribution in [0.15, 0.2) is 0 Å². The van der Waals surface area contributed by atoms with Crippen LogP contribution in [0.4, 0.5) is 0 Å². The van der Waals surface area contributed by atoms with Crippen molar-refractivity contribution in [3.05, 3.63) is 0 Å². The first-order valence-electron chi connectivity index (χ1n) is 3.33. The molecule has 1 aliphatic rings. The minimum absolute atomic E-state index is 0. The van der Waals surface area contributed by atoms with Crippen molar-refractivity contribution in [2.75, 3.05) is 0 Å². The van der Waals surface area contributed by atoms with Crippen molar-refractivity contribution in [3.63, 3.8) is 0 Å². The van der Waals surface area contributed by atoms with Gasteiger partial charge in [-0.15, -0.1) is 12.4 Å². The van der Waals surface area contributed by atoms with Gasteiger partial charge in [-0.05, 0) is 19.3 Å². The Bertz CT molecular complexity index is 91.7. The molecule has 1 unspecified atom stereocenters. The predicted molar refractivity (Wildman–Crippen MR) is 41.1 cm³/mol. The molecule has 0 amide bonds. The highest BCUT2D eigenvalue weighted by atomic mass is 35.5. The Morgan fingerprint density at radius 2 is 1.80 bits per heavy atom. The van der Waals surface area contributed by atoms with Gasteiger partial charge in [-0.3, -0.25) is 0 Å². The quantitative estimate of drug-likeness (QED) is 0.462. The zero-order chi connectivity index (χ0) is 6.85. The summed E-state index contributed by atoms with van der Waals surface area (Å²) < 4.78 is 0. The molecule has 1 saturated carbocycles. The number of hydrogen-bond donors (Lipinski definition) is 3. The van der Waals surface area contributed by atoms with E-state index < -0.39 is 12.2 Å². The van der Waals surface area contributed by atoms with E-state index in [0.717, 1.165) is 12.8 Å². The van der Waals surface area contributed by atoms with Crippen LogP contribution >= 0.6 is 12.4 Å². The van der Waals surface area contributed by atoms with Gasteiger partial charge in [-0.2, -0.15) is 0 Å². The summed E-state index contributed by atoms with van der Waals surface area (Å²) in [5, 5.41) is 18.1.